The maximum Gasteiger partial charge on any atom is 0.141 e. The molecule has 0 N–H and O–H groups in total. The number of rotatable bonds is 3. The zero-order valence-electron chi connectivity index (χ0n) is 12.5. The Morgan fingerprint density at radius 2 is 2.19 bits per heavy atom. The van der Waals surface area contributed by atoms with Crippen LogP contribution in [-0.2, 0) is 6.54 Å². The molecule has 0 aliphatic rings. The molecule has 3 rings (SSSR count). The Kier molecular flexibility index (Phi) is 3.57. The van der Waals surface area contributed by atoms with Crippen LogP contribution in [0.25, 0.3) is 34.2 Å². The van der Waals surface area contributed by atoms with Crippen LogP contribution in [0.15, 0.2) is 37.1 Å². The average Bonchev–Trinajstić information content (AvgIpc) is 2.79. The lowest BCUT2D eigenvalue weighted by atomic mass is 10.2. The minimum absolute atomic E-state index is 0.931. The van der Waals surface area contributed by atoms with Crippen LogP contribution in [0, 0.1) is 0 Å². The average molecular weight is 277 g/mol. The standard InChI is InChI=1S/C18H19N3/c1-4-8-13-14-12-16-15(9-7-10-19-16)20-18(14)21(11-5-2)17(13)6-3/h4,6-10,12H,1,5,11H2,2-3H3/b13-8-,17-6+. The lowest BCUT2D eigenvalue weighted by molar-refractivity contribution is 0.680. The van der Waals surface area contributed by atoms with E-state index in [1.165, 1.54) is 10.6 Å². The zero-order valence-corrected chi connectivity index (χ0v) is 12.5. The summed E-state index contributed by atoms with van der Waals surface area (Å²) in [6.45, 7) is 9.05. The van der Waals surface area contributed by atoms with Crippen LogP contribution >= 0.6 is 0 Å². The molecule has 3 aromatic heterocycles. The van der Waals surface area contributed by atoms with E-state index in [2.05, 4.69) is 48.2 Å². The number of hydrogen-bond donors (Lipinski definition) is 0. The predicted octanol–water partition coefficient (Wildman–Crippen LogP) is 2.76. The SMILES string of the molecule is C=C/C=c1\c(=C/C)n(CCC)c2nc3cccnc3cc12. The quantitative estimate of drug-likeness (QED) is 0.737. The van der Waals surface area contributed by atoms with E-state index in [1.54, 1.807) is 0 Å². The van der Waals surface area contributed by atoms with Crippen molar-refractivity contribution in [1.82, 2.24) is 14.5 Å². The molecule has 3 heterocycles. The monoisotopic (exact) mass is 277 g/mol. The molecule has 21 heavy (non-hydrogen) atoms. The molecular formula is C18H19N3. The van der Waals surface area contributed by atoms with Gasteiger partial charge in [-0.3, -0.25) is 4.98 Å². The molecule has 0 aliphatic heterocycles. The molecule has 3 heteroatoms. The van der Waals surface area contributed by atoms with Gasteiger partial charge in [-0.2, -0.15) is 0 Å². The summed E-state index contributed by atoms with van der Waals surface area (Å²) < 4.78 is 2.29. The van der Waals surface area contributed by atoms with Gasteiger partial charge >= 0.3 is 0 Å². The fraction of sp³-hybridized carbons (Fsp3) is 0.222. The first-order valence-electron chi connectivity index (χ1n) is 7.33. The minimum Gasteiger partial charge on any atom is -0.326 e. The van der Waals surface area contributed by atoms with Gasteiger partial charge in [0.1, 0.15) is 5.65 Å². The molecule has 0 unspecified atom stereocenters. The van der Waals surface area contributed by atoms with E-state index in [1.807, 2.05) is 24.4 Å². The molecule has 0 atom stereocenters. The van der Waals surface area contributed by atoms with Crippen LogP contribution in [-0.4, -0.2) is 14.5 Å². The molecule has 106 valence electrons. The first-order chi connectivity index (χ1) is 10.3. The number of allylic oxidation sites excluding steroid dienone is 1. The van der Waals surface area contributed by atoms with Crippen molar-refractivity contribution in [2.45, 2.75) is 26.8 Å². The Bertz CT molecular complexity index is 932. The van der Waals surface area contributed by atoms with Crippen LogP contribution in [0.5, 0.6) is 0 Å². The highest BCUT2D eigenvalue weighted by atomic mass is 15.0. The van der Waals surface area contributed by atoms with Crippen molar-refractivity contribution in [3.8, 4) is 0 Å². The van der Waals surface area contributed by atoms with Gasteiger partial charge in [0, 0.05) is 28.7 Å². The second-order valence-corrected chi connectivity index (χ2v) is 5.04. The largest absolute Gasteiger partial charge is 0.326 e. The zero-order chi connectivity index (χ0) is 14.8. The number of fused-ring (bicyclic) bond motifs is 2. The van der Waals surface area contributed by atoms with Gasteiger partial charge < -0.3 is 4.57 Å². The van der Waals surface area contributed by atoms with Gasteiger partial charge in [-0.1, -0.05) is 31.7 Å². The Morgan fingerprint density at radius 1 is 1.33 bits per heavy atom. The van der Waals surface area contributed by atoms with Crippen molar-refractivity contribution in [3.63, 3.8) is 0 Å². The number of nitrogens with zero attached hydrogens (tertiary/aromatic N) is 3. The van der Waals surface area contributed by atoms with Gasteiger partial charge in [-0.15, -0.1) is 0 Å². The topological polar surface area (TPSA) is 30.7 Å². The van der Waals surface area contributed by atoms with Crippen molar-refractivity contribution in [1.29, 1.82) is 0 Å². The highest BCUT2D eigenvalue weighted by Crippen LogP contribution is 2.15. The number of hydrogen-bond acceptors (Lipinski definition) is 2. The summed E-state index contributed by atoms with van der Waals surface area (Å²) in [7, 11) is 0. The summed E-state index contributed by atoms with van der Waals surface area (Å²) in [5.74, 6) is 0. The Labute approximate surface area is 124 Å². The Balaban J connectivity index is 2.57. The summed E-state index contributed by atoms with van der Waals surface area (Å²) >= 11 is 0. The predicted molar refractivity (Wildman–Crippen MR) is 89.4 cm³/mol. The van der Waals surface area contributed by atoms with E-state index >= 15 is 0 Å². The van der Waals surface area contributed by atoms with Gasteiger partial charge in [0.15, 0.2) is 0 Å². The van der Waals surface area contributed by atoms with Crippen LogP contribution in [0.4, 0.5) is 0 Å². The lowest BCUT2D eigenvalue weighted by Crippen LogP contribution is -2.28. The first kappa shape index (κ1) is 13.6. The van der Waals surface area contributed by atoms with Gasteiger partial charge in [0.05, 0.1) is 11.0 Å². The normalized spacial score (nSPS) is 13.4. The van der Waals surface area contributed by atoms with Crippen LogP contribution < -0.4 is 10.6 Å². The fourth-order valence-corrected chi connectivity index (χ4v) is 2.85. The summed E-state index contributed by atoms with van der Waals surface area (Å²) in [6.07, 6.45) is 8.92. The molecule has 0 saturated heterocycles. The second-order valence-electron chi connectivity index (χ2n) is 5.04. The van der Waals surface area contributed by atoms with Crippen LogP contribution in [0.2, 0.25) is 0 Å². The van der Waals surface area contributed by atoms with Crippen molar-refractivity contribution < 1.29 is 0 Å². The van der Waals surface area contributed by atoms with E-state index in [0.717, 1.165) is 35.0 Å². The molecule has 0 radical (unpaired) electrons. The van der Waals surface area contributed by atoms with E-state index < -0.39 is 0 Å². The van der Waals surface area contributed by atoms with Gasteiger partial charge in [-0.25, -0.2) is 4.98 Å². The summed E-state index contributed by atoms with van der Waals surface area (Å²) in [6, 6.07) is 6.07. The third kappa shape index (κ3) is 2.15. The number of pyridine rings is 2. The third-order valence-electron chi connectivity index (χ3n) is 3.68. The highest BCUT2D eigenvalue weighted by molar-refractivity contribution is 5.90. The van der Waals surface area contributed by atoms with Gasteiger partial charge in [0.25, 0.3) is 0 Å². The molecule has 0 aliphatic carbocycles. The van der Waals surface area contributed by atoms with E-state index in [0.29, 0.717) is 0 Å². The molecule has 0 amide bonds. The smallest absolute Gasteiger partial charge is 0.141 e. The number of aromatic nitrogens is 3. The van der Waals surface area contributed by atoms with Crippen molar-refractivity contribution >= 4 is 34.2 Å². The van der Waals surface area contributed by atoms with Crippen molar-refractivity contribution in [3.05, 3.63) is 47.6 Å². The van der Waals surface area contributed by atoms with E-state index in [-0.39, 0.29) is 0 Å². The summed E-state index contributed by atoms with van der Waals surface area (Å²) in [5, 5.41) is 3.52. The fourth-order valence-electron chi connectivity index (χ4n) is 2.85. The highest BCUT2D eigenvalue weighted by Gasteiger charge is 2.09. The third-order valence-corrected chi connectivity index (χ3v) is 3.68. The molecule has 0 bridgehead atoms. The first-order valence-corrected chi connectivity index (χ1v) is 7.33. The van der Waals surface area contributed by atoms with Gasteiger partial charge in [0.2, 0.25) is 0 Å². The van der Waals surface area contributed by atoms with E-state index in [9.17, 15) is 0 Å². The molecule has 0 fully saturated rings. The molecule has 3 nitrogen and oxygen atoms in total. The van der Waals surface area contributed by atoms with Crippen LogP contribution in [0.1, 0.15) is 20.3 Å². The Hall–Kier alpha value is -2.42. The number of aryl methyl sites for hydroxylation is 1. The molecule has 0 saturated carbocycles. The summed E-state index contributed by atoms with van der Waals surface area (Å²) in [5.41, 5.74) is 2.89. The van der Waals surface area contributed by atoms with Crippen molar-refractivity contribution in [2.24, 2.45) is 0 Å². The van der Waals surface area contributed by atoms with E-state index in [4.69, 9.17) is 4.98 Å². The van der Waals surface area contributed by atoms with Crippen LogP contribution in [0.3, 0.4) is 0 Å². The molecular weight excluding hydrogens is 258 g/mol. The maximum absolute atomic E-state index is 4.83. The second kappa shape index (κ2) is 5.52. The lowest BCUT2D eigenvalue weighted by Gasteiger charge is -2.03. The minimum atomic E-state index is 0.931. The maximum atomic E-state index is 4.83. The van der Waals surface area contributed by atoms with Crippen molar-refractivity contribution in [2.75, 3.05) is 0 Å². The Morgan fingerprint density at radius 3 is 2.90 bits per heavy atom. The molecule has 0 aromatic carbocycles. The summed E-state index contributed by atoms with van der Waals surface area (Å²) in [4.78, 5) is 9.26. The molecule has 3 aromatic rings. The molecule has 0 spiro atoms. The van der Waals surface area contributed by atoms with Gasteiger partial charge in [-0.05, 0) is 31.5 Å².